The number of rotatable bonds is 3. The molecule has 0 unspecified atom stereocenters. The van der Waals surface area contributed by atoms with E-state index < -0.39 is 0 Å². The van der Waals surface area contributed by atoms with Crippen molar-refractivity contribution in [2.45, 2.75) is 0 Å². The smallest absolute Gasteiger partial charge is 0.134 e. The highest BCUT2D eigenvalue weighted by molar-refractivity contribution is 9.10. The summed E-state index contributed by atoms with van der Waals surface area (Å²) in [6, 6.07) is 5.74. The molecule has 4 heteroatoms. The lowest BCUT2D eigenvalue weighted by Gasteiger charge is -2.08. The Hall–Kier alpha value is -1.06. The summed E-state index contributed by atoms with van der Waals surface area (Å²) >= 11 is 9.46. The van der Waals surface area contributed by atoms with Gasteiger partial charge in [0, 0.05) is 33.0 Å². The van der Waals surface area contributed by atoms with Gasteiger partial charge in [0.2, 0.25) is 0 Å². The molecule has 0 aliphatic rings. The van der Waals surface area contributed by atoms with Crippen LogP contribution in [-0.2, 0) is 0 Å². The van der Waals surface area contributed by atoms with E-state index in [9.17, 15) is 0 Å². The molecule has 1 aromatic heterocycles. The third kappa shape index (κ3) is 2.20. The highest BCUT2D eigenvalue weighted by atomic mass is 79.9. The first-order valence-corrected chi connectivity index (χ1v) is 5.98. The molecule has 0 saturated heterocycles. The monoisotopic (exact) mass is 296 g/mol. The summed E-state index contributed by atoms with van der Waals surface area (Å²) in [7, 11) is 0. The van der Waals surface area contributed by atoms with Crippen LogP contribution in [0.2, 0.25) is 5.02 Å². The molecule has 0 amide bonds. The van der Waals surface area contributed by atoms with Crippen LogP contribution in [0.25, 0.3) is 10.8 Å². The molecule has 1 aromatic carbocycles. The van der Waals surface area contributed by atoms with Gasteiger partial charge in [0.05, 0.1) is 0 Å². The second-order valence-electron chi connectivity index (χ2n) is 3.31. The number of anilines is 1. The van der Waals surface area contributed by atoms with Gasteiger partial charge in [0.1, 0.15) is 5.82 Å². The molecule has 1 heterocycles. The average Bonchev–Trinajstić information content (AvgIpc) is 2.28. The average molecular weight is 298 g/mol. The van der Waals surface area contributed by atoms with Crippen molar-refractivity contribution in [2.24, 2.45) is 0 Å². The fourth-order valence-corrected chi connectivity index (χ4v) is 2.11. The Morgan fingerprint density at radius 1 is 1.44 bits per heavy atom. The quantitative estimate of drug-likeness (QED) is 0.857. The number of fused-ring (bicyclic) bond motifs is 1. The van der Waals surface area contributed by atoms with Crippen molar-refractivity contribution in [3.8, 4) is 0 Å². The summed E-state index contributed by atoms with van der Waals surface area (Å²) in [6.07, 6.45) is 3.57. The molecule has 0 radical (unpaired) electrons. The summed E-state index contributed by atoms with van der Waals surface area (Å²) in [5, 5.41) is 5.98. The van der Waals surface area contributed by atoms with Gasteiger partial charge in [-0.3, -0.25) is 0 Å². The van der Waals surface area contributed by atoms with Crippen LogP contribution >= 0.6 is 27.5 Å². The molecular weight excluding hydrogens is 288 g/mol. The number of halogens is 2. The van der Waals surface area contributed by atoms with Crippen LogP contribution in [0, 0.1) is 0 Å². The molecule has 1 N–H and O–H groups in total. The molecule has 0 saturated carbocycles. The van der Waals surface area contributed by atoms with Gasteiger partial charge in [0.25, 0.3) is 0 Å². The Balaban J connectivity index is 2.60. The van der Waals surface area contributed by atoms with Gasteiger partial charge in [-0.2, -0.15) is 0 Å². The fraction of sp³-hybridized carbons (Fsp3) is 0.0833. The van der Waals surface area contributed by atoms with Crippen LogP contribution in [0.4, 0.5) is 5.82 Å². The van der Waals surface area contributed by atoms with Crippen LogP contribution in [0.3, 0.4) is 0 Å². The van der Waals surface area contributed by atoms with Gasteiger partial charge in [-0.1, -0.05) is 23.7 Å². The van der Waals surface area contributed by atoms with E-state index in [2.05, 4.69) is 32.8 Å². The maximum Gasteiger partial charge on any atom is 0.134 e. The zero-order chi connectivity index (χ0) is 11.5. The zero-order valence-electron chi connectivity index (χ0n) is 8.50. The number of nitrogens with zero attached hydrogens (tertiary/aromatic N) is 1. The summed E-state index contributed by atoms with van der Waals surface area (Å²) in [6.45, 7) is 4.34. The van der Waals surface area contributed by atoms with E-state index in [0.29, 0.717) is 11.6 Å². The second-order valence-corrected chi connectivity index (χ2v) is 4.60. The Morgan fingerprint density at radius 3 is 3.00 bits per heavy atom. The highest BCUT2D eigenvalue weighted by Crippen LogP contribution is 2.30. The molecular formula is C12H10BrClN2. The highest BCUT2D eigenvalue weighted by Gasteiger charge is 2.05. The largest absolute Gasteiger partial charge is 0.366 e. The molecule has 82 valence electrons. The molecule has 2 nitrogen and oxygen atoms in total. The van der Waals surface area contributed by atoms with E-state index in [-0.39, 0.29) is 0 Å². The van der Waals surface area contributed by atoms with Gasteiger partial charge >= 0.3 is 0 Å². The Labute approximate surface area is 107 Å². The van der Waals surface area contributed by atoms with Crippen LogP contribution < -0.4 is 5.32 Å². The van der Waals surface area contributed by atoms with Gasteiger partial charge in [-0.05, 0) is 28.1 Å². The van der Waals surface area contributed by atoms with Gasteiger partial charge in [0.15, 0.2) is 0 Å². The minimum Gasteiger partial charge on any atom is -0.366 e. The Kier molecular flexibility index (Phi) is 3.46. The lowest BCUT2D eigenvalue weighted by molar-refractivity contribution is 1.24. The minimum absolute atomic E-state index is 0.677. The van der Waals surface area contributed by atoms with Crippen LogP contribution in [0.15, 0.2) is 41.5 Å². The molecule has 0 aliphatic heterocycles. The zero-order valence-corrected chi connectivity index (χ0v) is 10.8. The normalized spacial score (nSPS) is 10.4. The lowest BCUT2D eigenvalue weighted by atomic mass is 10.1. The van der Waals surface area contributed by atoms with E-state index in [1.54, 1.807) is 12.3 Å². The number of benzene rings is 1. The summed E-state index contributed by atoms with van der Waals surface area (Å²) < 4.78 is 0.961. The van der Waals surface area contributed by atoms with Crippen LogP contribution in [0.1, 0.15) is 0 Å². The molecule has 0 aliphatic carbocycles. The number of hydrogen-bond donors (Lipinski definition) is 1. The summed E-state index contributed by atoms with van der Waals surface area (Å²) in [5.41, 5.74) is 0. The third-order valence-electron chi connectivity index (χ3n) is 2.21. The molecule has 0 fully saturated rings. The van der Waals surface area contributed by atoms with Gasteiger partial charge < -0.3 is 5.32 Å². The molecule has 16 heavy (non-hydrogen) atoms. The Bertz CT molecular complexity index is 540. The first kappa shape index (κ1) is 11.4. The number of aromatic nitrogens is 1. The molecule has 2 rings (SSSR count). The van der Waals surface area contributed by atoms with Crippen molar-refractivity contribution in [1.29, 1.82) is 0 Å². The minimum atomic E-state index is 0.677. The molecule has 2 aromatic rings. The molecule has 0 spiro atoms. The van der Waals surface area contributed by atoms with Crippen molar-refractivity contribution in [3.05, 3.63) is 46.5 Å². The van der Waals surface area contributed by atoms with Gasteiger partial charge in [-0.25, -0.2) is 4.98 Å². The van der Waals surface area contributed by atoms with Crippen molar-refractivity contribution in [1.82, 2.24) is 4.98 Å². The fourth-order valence-electron chi connectivity index (χ4n) is 1.49. The summed E-state index contributed by atoms with van der Waals surface area (Å²) in [5.74, 6) is 0.820. The maximum absolute atomic E-state index is 5.99. The Morgan fingerprint density at radius 2 is 2.25 bits per heavy atom. The number of hydrogen-bond acceptors (Lipinski definition) is 2. The van der Waals surface area contributed by atoms with E-state index >= 15 is 0 Å². The van der Waals surface area contributed by atoms with Crippen molar-refractivity contribution < 1.29 is 0 Å². The summed E-state index contributed by atoms with van der Waals surface area (Å²) in [4.78, 5) is 4.32. The van der Waals surface area contributed by atoms with E-state index in [0.717, 1.165) is 21.1 Å². The van der Waals surface area contributed by atoms with Crippen molar-refractivity contribution >= 4 is 44.1 Å². The van der Waals surface area contributed by atoms with E-state index in [1.807, 2.05) is 18.2 Å². The number of nitrogens with one attached hydrogen (secondary N) is 1. The second kappa shape index (κ2) is 4.85. The third-order valence-corrected chi connectivity index (χ3v) is 3.08. The predicted octanol–water partition coefficient (Wildman–Crippen LogP) is 4.25. The standard InChI is InChI=1S/C12H10BrClN2/c1-2-5-15-12-10-6-8(14)3-4-9(10)11(13)7-16-12/h2-4,6-7H,1,5H2,(H,15,16). The first-order chi connectivity index (χ1) is 7.72. The van der Waals surface area contributed by atoms with Crippen LogP contribution in [-0.4, -0.2) is 11.5 Å². The maximum atomic E-state index is 5.99. The van der Waals surface area contributed by atoms with Gasteiger partial charge in [-0.15, -0.1) is 6.58 Å². The SMILES string of the molecule is C=CCNc1ncc(Br)c2ccc(Cl)cc12. The topological polar surface area (TPSA) is 24.9 Å². The van der Waals surface area contributed by atoms with E-state index in [1.165, 1.54) is 0 Å². The lowest BCUT2D eigenvalue weighted by Crippen LogP contribution is -2.00. The van der Waals surface area contributed by atoms with Crippen molar-refractivity contribution in [2.75, 3.05) is 11.9 Å². The van der Waals surface area contributed by atoms with Crippen molar-refractivity contribution in [3.63, 3.8) is 0 Å². The first-order valence-electron chi connectivity index (χ1n) is 4.81. The predicted molar refractivity (Wildman–Crippen MR) is 73.1 cm³/mol. The molecule has 0 atom stereocenters. The van der Waals surface area contributed by atoms with E-state index in [4.69, 9.17) is 11.6 Å². The number of pyridine rings is 1. The molecule has 0 bridgehead atoms. The van der Waals surface area contributed by atoms with Crippen LogP contribution in [0.5, 0.6) is 0 Å².